The Kier molecular flexibility index (Phi) is 4.96. The van der Waals surface area contributed by atoms with Gasteiger partial charge in [-0.2, -0.15) is 0 Å². The maximum Gasteiger partial charge on any atom is 0.322 e. The number of benzene rings is 1. The second kappa shape index (κ2) is 6.94. The maximum absolute atomic E-state index is 12.8. The van der Waals surface area contributed by atoms with Gasteiger partial charge in [0.2, 0.25) is 11.8 Å². The van der Waals surface area contributed by atoms with Gasteiger partial charge in [-0.15, -0.1) is 0 Å². The highest BCUT2D eigenvalue weighted by Gasteiger charge is 2.52. The summed E-state index contributed by atoms with van der Waals surface area (Å²) < 4.78 is 0. The van der Waals surface area contributed by atoms with Gasteiger partial charge in [0.25, 0.3) is 0 Å². The van der Waals surface area contributed by atoms with Gasteiger partial charge in [-0.1, -0.05) is 13.8 Å². The van der Waals surface area contributed by atoms with Crippen molar-refractivity contribution in [1.29, 1.82) is 0 Å². The summed E-state index contributed by atoms with van der Waals surface area (Å²) in [4.78, 5) is 36.1. The molecule has 4 N–H and O–H groups in total. The number of nitrogens with two attached hydrogens (primary N) is 1. The molecule has 0 unspecified atom stereocenters. The molecule has 3 rings (SSSR count). The fraction of sp³-hybridized carbons (Fsp3) is 0.526. The number of carbonyl (C=O) groups excluding carboxylic acids is 2. The van der Waals surface area contributed by atoms with Crippen LogP contribution in [0, 0.1) is 5.92 Å². The molecule has 0 bridgehead atoms. The molecule has 146 valence electrons. The first-order valence-electron chi connectivity index (χ1n) is 9.12. The molecular weight excluding hydrogens is 348 g/mol. The lowest BCUT2D eigenvalue weighted by molar-refractivity contribution is -0.151. The van der Waals surface area contributed by atoms with E-state index < -0.39 is 23.3 Å². The van der Waals surface area contributed by atoms with Gasteiger partial charge in [-0.05, 0) is 42.5 Å². The Morgan fingerprint density at radius 1 is 1.41 bits per heavy atom. The number of nitrogens with one attached hydrogen (secondary N) is 1. The summed E-state index contributed by atoms with van der Waals surface area (Å²) in [5.74, 6) is -1.30. The third-order valence-electron chi connectivity index (χ3n) is 5.63. The number of hydrogen-bond donors (Lipinski definition) is 3. The predicted molar refractivity (Wildman–Crippen MR) is 100 cm³/mol. The third kappa shape index (κ3) is 3.30. The van der Waals surface area contributed by atoms with E-state index in [2.05, 4.69) is 5.32 Å². The summed E-state index contributed by atoms with van der Waals surface area (Å²) in [6.45, 7) is 4.90. The molecular formula is C19H26N4O4. The second-order valence-corrected chi connectivity index (χ2v) is 7.86. The molecule has 1 spiro atoms. The Morgan fingerprint density at radius 2 is 2.11 bits per heavy atom. The summed E-state index contributed by atoms with van der Waals surface area (Å²) in [6, 6.07) is 4.33. The third-order valence-corrected chi connectivity index (χ3v) is 5.63. The van der Waals surface area contributed by atoms with E-state index in [1.165, 1.54) is 0 Å². The standard InChI is InChI=1S/C19H26N4O4/c1-11(2)8-15(17(25)26)22(3)23-7-6-19(10-23)13-9-12(16(20)24)4-5-14(13)21-18(19)27/h4-5,9,11,15H,6-8,10H2,1-3H3,(H2,20,24)(H,21,27)(H,25,26)/t15-,19-/m0/s1. The summed E-state index contributed by atoms with van der Waals surface area (Å²) in [5.41, 5.74) is 6.41. The molecule has 27 heavy (non-hydrogen) atoms. The van der Waals surface area contributed by atoms with Crippen molar-refractivity contribution < 1.29 is 19.5 Å². The van der Waals surface area contributed by atoms with Crippen LogP contribution in [0.15, 0.2) is 18.2 Å². The van der Waals surface area contributed by atoms with E-state index in [0.29, 0.717) is 37.2 Å². The molecule has 8 nitrogen and oxygen atoms in total. The quantitative estimate of drug-likeness (QED) is 0.685. The van der Waals surface area contributed by atoms with Crippen molar-refractivity contribution in [2.24, 2.45) is 11.7 Å². The van der Waals surface area contributed by atoms with E-state index in [1.807, 2.05) is 18.9 Å². The van der Waals surface area contributed by atoms with E-state index in [9.17, 15) is 19.5 Å². The molecule has 1 aromatic rings. The Hall–Kier alpha value is -2.45. The van der Waals surface area contributed by atoms with Crippen molar-refractivity contribution >= 4 is 23.5 Å². The molecule has 1 fully saturated rings. The first-order chi connectivity index (χ1) is 12.7. The number of amides is 2. The second-order valence-electron chi connectivity index (χ2n) is 7.86. The number of hydrogen-bond acceptors (Lipinski definition) is 5. The number of likely N-dealkylation sites (N-methyl/N-ethyl adjacent to an activating group) is 1. The van der Waals surface area contributed by atoms with E-state index >= 15 is 0 Å². The van der Waals surface area contributed by atoms with Crippen LogP contribution in [0.1, 0.15) is 42.6 Å². The van der Waals surface area contributed by atoms with E-state index in [4.69, 9.17) is 5.73 Å². The zero-order valence-corrected chi connectivity index (χ0v) is 15.9. The smallest absolute Gasteiger partial charge is 0.322 e. The summed E-state index contributed by atoms with van der Waals surface area (Å²) in [7, 11) is 1.76. The lowest BCUT2D eigenvalue weighted by atomic mass is 9.80. The molecule has 2 aliphatic heterocycles. The predicted octanol–water partition coefficient (Wildman–Crippen LogP) is 1.03. The fourth-order valence-electron chi connectivity index (χ4n) is 4.09. The average molecular weight is 374 g/mol. The van der Waals surface area contributed by atoms with Gasteiger partial charge < -0.3 is 16.2 Å². The molecule has 1 saturated heterocycles. The zero-order valence-electron chi connectivity index (χ0n) is 15.9. The van der Waals surface area contributed by atoms with Crippen molar-refractivity contribution in [3.8, 4) is 0 Å². The van der Waals surface area contributed by atoms with Crippen LogP contribution in [-0.4, -0.2) is 59.1 Å². The van der Waals surface area contributed by atoms with Crippen LogP contribution in [0.2, 0.25) is 0 Å². The van der Waals surface area contributed by atoms with E-state index in [1.54, 1.807) is 30.3 Å². The molecule has 1 aromatic carbocycles. The molecule has 0 aliphatic carbocycles. The minimum absolute atomic E-state index is 0.120. The Balaban J connectivity index is 1.89. The SMILES string of the molecule is CC(C)C[C@@H](C(=O)O)N(C)N1CC[C@@]2(C1)C(=O)Nc1ccc(C(N)=O)cc12. The number of hydrazine groups is 1. The summed E-state index contributed by atoms with van der Waals surface area (Å²) in [5, 5.41) is 16.2. The highest BCUT2D eigenvalue weighted by molar-refractivity contribution is 6.07. The summed E-state index contributed by atoms with van der Waals surface area (Å²) >= 11 is 0. The van der Waals surface area contributed by atoms with E-state index in [0.717, 1.165) is 5.56 Å². The van der Waals surface area contributed by atoms with Crippen LogP contribution in [0.5, 0.6) is 0 Å². The molecule has 2 amide bonds. The van der Waals surface area contributed by atoms with Crippen molar-refractivity contribution in [3.63, 3.8) is 0 Å². The maximum atomic E-state index is 12.8. The summed E-state index contributed by atoms with van der Waals surface area (Å²) in [6.07, 6.45) is 1.07. The van der Waals surface area contributed by atoms with Crippen LogP contribution >= 0.6 is 0 Å². The first kappa shape index (κ1) is 19.3. The molecule has 2 aliphatic rings. The Morgan fingerprint density at radius 3 is 2.70 bits per heavy atom. The van der Waals surface area contributed by atoms with Crippen LogP contribution in [0.3, 0.4) is 0 Å². The van der Waals surface area contributed by atoms with Crippen molar-refractivity contribution in [3.05, 3.63) is 29.3 Å². The normalized spacial score (nSPS) is 23.1. The van der Waals surface area contributed by atoms with Gasteiger partial charge in [0.05, 0.1) is 5.41 Å². The number of carboxylic acid groups (broad SMARTS) is 1. The zero-order chi connectivity index (χ0) is 19.9. The molecule has 2 heterocycles. The largest absolute Gasteiger partial charge is 0.480 e. The van der Waals surface area contributed by atoms with Gasteiger partial charge in [-0.25, -0.2) is 10.0 Å². The minimum Gasteiger partial charge on any atom is -0.480 e. The Bertz CT molecular complexity index is 794. The Labute approximate surface area is 158 Å². The average Bonchev–Trinajstić information content (AvgIpc) is 3.15. The van der Waals surface area contributed by atoms with E-state index in [-0.39, 0.29) is 11.8 Å². The molecule has 8 heteroatoms. The lowest BCUT2D eigenvalue weighted by Gasteiger charge is -2.34. The molecule has 0 saturated carbocycles. The van der Waals surface area contributed by atoms with Crippen LogP contribution in [0.4, 0.5) is 5.69 Å². The van der Waals surface area contributed by atoms with Crippen LogP contribution in [-0.2, 0) is 15.0 Å². The molecule has 0 radical (unpaired) electrons. The highest BCUT2D eigenvalue weighted by Crippen LogP contribution is 2.45. The van der Waals surface area contributed by atoms with Crippen molar-refractivity contribution in [1.82, 2.24) is 10.0 Å². The topological polar surface area (TPSA) is 116 Å². The lowest BCUT2D eigenvalue weighted by Crippen LogP contribution is -2.50. The number of nitrogens with zero attached hydrogens (tertiary/aromatic N) is 2. The molecule has 2 atom stereocenters. The number of primary amides is 1. The number of anilines is 1. The number of aliphatic carboxylic acids is 1. The minimum atomic E-state index is -0.876. The van der Waals surface area contributed by atoms with Crippen LogP contribution < -0.4 is 11.1 Å². The van der Waals surface area contributed by atoms with Crippen LogP contribution in [0.25, 0.3) is 0 Å². The van der Waals surface area contributed by atoms with Gasteiger partial charge in [0, 0.05) is 31.4 Å². The van der Waals surface area contributed by atoms with Gasteiger partial charge >= 0.3 is 5.97 Å². The monoisotopic (exact) mass is 374 g/mol. The number of fused-ring (bicyclic) bond motifs is 2. The first-order valence-corrected chi connectivity index (χ1v) is 9.12. The van der Waals surface area contributed by atoms with Gasteiger partial charge in [0.1, 0.15) is 6.04 Å². The fourth-order valence-corrected chi connectivity index (χ4v) is 4.09. The molecule has 0 aromatic heterocycles. The van der Waals surface area contributed by atoms with Crippen molar-refractivity contribution in [2.45, 2.75) is 38.1 Å². The van der Waals surface area contributed by atoms with Crippen molar-refractivity contribution in [2.75, 3.05) is 25.5 Å². The highest BCUT2D eigenvalue weighted by atomic mass is 16.4. The van der Waals surface area contributed by atoms with Gasteiger partial charge in [0.15, 0.2) is 0 Å². The van der Waals surface area contributed by atoms with Gasteiger partial charge in [-0.3, -0.25) is 14.4 Å². The number of carboxylic acids is 1. The number of carbonyl (C=O) groups is 3. The number of rotatable bonds is 6.